The van der Waals surface area contributed by atoms with Gasteiger partial charge in [0, 0.05) is 12.1 Å². The van der Waals surface area contributed by atoms with Crippen molar-refractivity contribution < 1.29 is 26.7 Å². The van der Waals surface area contributed by atoms with E-state index in [1.807, 2.05) is 0 Å². The van der Waals surface area contributed by atoms with E-state index in [1.54, 1.807) is 18.2 Å². The number of sulfonamides is 1. The number of nitrogens with one attached hydrogen (secondary N) is 1. The first kappa shape index (κ1) is 17.2. The second kappa shape index (κ2) is 6.93. The number of para-hydroxylation sites is 1. The van der Waals surface area contributed by atoms with Gasteiger partial charge in [-0.3, -0.25) is 0 Å². The summed E-state index contributed by atoms with van der Waals surface area (Å²) < 4.78 is 63.0. The van der Waals surface area contributed by atoms with Gasteiger partial charge in [-0.15, -0.1) is 0 Å². The van der Waals surface area contributed by atoms with Crippen LogP contribution in [0.2, 0.25) is 0 Å². The van der Waals surface area contributed by atoms with Crippen LogP contribution in [0.1, 0.15) is 5.56 Å². The van der Waals surface area contributed by atoms with Crippen LogP contribution in [0.25, 0.3) is 0 Å². The lowest BCUT2D eigenvalue weighted by Crippen LogP contribution is -2.23. The van der Waals surface area contributed by atoms with Crippen molar-refractivity contribution in [2.75, 3.05) is 14.2 Å². The molecule has 23 heavy (non-hydrogen) atoms. The van der Waals surface area contributed by atoms with Gasteiger partial charge in [0.2, 0.25) is 10.0 Å². The Morgan fingerprint density at radius 2 is 1.78 bits per heavy atom. The highest BCUT2D eigenvalue weighted by molar-refractivity contribution is 7.89. The van der Waals surface area contributed by atoms with Gasteiger partial charge in [-0.2, -0.15) is 0 Å². The number of ether oxygens (including phenoxy) is 2. The Labute approximate surface area is 132 Å². The lowest BCUT2D eigenvalue weighted by Gasteiger charge is -2.13. The van der Waals surface area contributed by atoms with Crippen LogP contribution in [0, 0.1) is 11.6 Å². The highest BCUT2D eigenvalue weighted by Gasteiger charge is 2.18. The third-order valence-electron chi connectivity index (χ3n) is 3.14. The van der Waals surface area contributed by atoms with Crippen LogP contribution in [0.15, 0.2) is 41.3 Å². The number of hydrogen-bond donors (Lipinski definition) is 1. The van der Waals surface area contributed by atoms with E-state index in [1.165, 1.54) is 14.2 Å². The molecule has 8 heteroatoms. The Bertz CT molecular complexity index is 809. The van der Waals surface area contributed by atoms with Crippen molar-refractivity contribution in [1.82, 2.24) is 4.72 Å². The maximum absolute atomic E-state index is 13.2. The number of halogens is 2. The molecule has 0 unspecified atom stereocenters. The van der Waals surface area contributed by atoms with Crippen LogP contribution in [0.3, 0.4) is 0 Å². The Morgan fingerprint density at radius 3 is 2.39 bits per heavy atom. The maximum atomic E-state index is 13.2. The third-order valence-corrected chi connectivity index (χ3v) is 4.54. The molecule has 0 bridgehead atoms. The minimum Gasteiger partial charge on any atom is -0.493 e. The maximum Gasteiger partial charge on any atom is 0.240 e. The summed E-state index contributed by atoms with van der Waals surface area (Å²) in [6, 6.07) is 7.39. The van der Waals surface area contributed by atoms with Crippen molar-refractivity contribution in [2.45, 2.75) is 11.4 Å². The molecule has 124 valence electrons. The monoisotopic (exact) mass is 343 g/mol. The fourth-order valence-electron chi connectivity index (χ4n) is 1.99. The molecule has 0 amide bonds. The van der Waals surface area contributed by atoms with Gasteiger partial charge in [0.25, 0.3) is 0 Å². The van der Waals surface area contributed by atoms with Crippen molar-refractivity contribution in [3.63, 3.8) is 0 Å². The molecule has 0 heterocycles. The minimum absolute atomic E-state index is 0.0955. The molecule has 1 N–H and O–H groups in total. The Kier molecular flexibility index (Phi) is 5.17. The zero-order chi connectivity index (χ0) is 17.0. The van der Waals surface area contributed by atoms with Crippen molar-refractivity contribution in [1.29, 1.82) is 0 Å². The second-order valence-electron chi connectivity index (χ2n) is 4.55. The Balaban J connectivity index is 2.24. The highest BCUT2D eigenvalue weighted by Crippen LogP contribution is 2.30. The molecule has 2 aromatic rings. The fraction of sp³-hybridized carbons (Fsp3) is 0.200. The lowest BCUT2D eigenvalue weighted by molar-refractivity contribution is 0.351. The standard InChI is InChI=1S/C15H15F2NO4S/c1-21-14-5-3-4-10(15(14)22-2)9-18-23(19,20)11-6-7-12(16)13(17)8-11/h3-8,18H,9H2,1-2H3. The van der Waals surface area contributed by atoms with Crippen LogP contribution in [0.4, 0.5) is 8.78 Å². The van der Waals surface area contributed by atoms with E-state index in [0.29, 0.717) is 23.1 Å². The number of hydrogen-bond acceptors (Lipinski definition) is 4. The molecule has 0 aliphatic heterocycles. The van der Waals surface area contributed by atoms with E-state index < -0.39 is 21.7 Å². The normalized spacial score (nSPS) is 11.3. The van der Waals surface area contributed by atoms with Crippen LogP contribution in [-0.4, -0.2) is 22.6 Å². The van der Waals surface area contributed by atoms with E-state index in [4.69, 9.17) is 9.47 Å². The lowest BCUT2D eigenvalue weighted by atomic mass is 10.2. The summed E-state index contributed by atoms with van der Waals surface area (Å²) in [5.41, 5.74) is 0.540. The van der Waals surface area contributed by atoms with Gasteiger partial charge in [0.15, 0.2) is 23.1 Å². The summed E-state index contributed by atoms with van der Waals surface area (Å²) in [5, 5.41) is 0. The summed E-state index contributed by atoms with van der Waals surface area (Å²) in [6.07, 6.45) is 0. The van der Waals surface area contributed by atoms with E-state index in [0.717, 1.165) is 12.1 Å². The van der Waals surface area contributed by atoms with E-state index in [-0.39, 0.29) is 11.4 Å². The summed E-state index contributed by atoms with van der Waals surface area (Å²) in [4.78, 5) is -0.363. The quantitative estimate of drug-likeness (QED) is 0.875. The van der Waals surface area contributed by atoms with Gasteiger partial charge < -0.3 is 9.47 Å². The topological polar surface area (TPSA) is 64.6 Å². The average Bonchev–Trinajstić information content (AvgIpc) is 2.54. The molecule has 2 rings (SSSR count). The first-order valence-corrected chi connectivity index (χ1v) is 8.02. The van der Waals surface area contributed by atoms with Gasteiger partial charge in [-0.05, 0) is 24.3 Å². The van der Waals surface area contributed by atoms with Gasteiger partial charge in [-0.25, -0.2) is 21.9 Å². The van der Waals surface area contributed by atoms with E-state index >= 15 is 0 Å². The van der Waals surface area contributed by atoms with Crippen molar-refractivity contribution >= 4 is 10.0 Å². The first-order valence-electron chi connectivity index (χ1n) is 6.53. The zero-order valence-electron chi connectivity index (χ0n) is 12.5. The molecule has 0 atom stereocenters. The van der Waals surface area contributed by atoms with Gasteiger partial charge in [0.1, 0.15) is 0 Å². The summed E-state index contributed by atoms with van der Waals surface area (Å²) in [7, 11) is -1.09. The highest BCUT2D eigenvalue weighted by atomic mass is 32.2. The SMILES string of the molecule is COc1cccc(CNS(=O)(=O)c2ccc(F)c(F)c2)c1OC. The van der Waals surface area contributed by atoms with Crippen molar-refractivity contribution in [3.05, 3.63) is 53.6 Å². The van der Waals surface area contributed by atoms with Gasteiger partial charge >= 0.3 is 0 Å². The smallest absolute Gasteiger partial charge is 0.240 e. The van der Waals surface area contributed by atoms with Gasteiger partial charge in [0.05, 0.1) is 19.1 Å². The van der Waals surface area contributed by atoms with Crippen LogP contribution >= 0.6 is 0 Å². The molecular weight excluding hydrogens is 328 g/mol. The largest absolute Gasteiger partial charge is 0.493 e. The molecule has 0 saturated heterocycles. The minimum atomic E-state index is -4.00. The summed E-state index contributed by atoms with van der Waals surface area (Å²) in [5.74, 6) is -1.50. The molecule has 0 aliphatic rings. The molecule has 0 spiro atoms. The molecule has 0 fully saturated rings. The first-order chi connectivity index (χ1) is 10.9. The van der Waals surface area contributed by atoms with E-state index in [9.17, 15) is 17.2 Å². The Hall–Kier alpha value is -2.19. The third kappa shape index (κ3) is 3.77. The molecule has 0 aromatic heterocycles. The molecule has 2 aromatic carbocycles. The van der Waals surface area contributed by atoms with Crippen LogP contribution in [0.5, 0.6) is 11.5 Å². The second-order valence-corrected chi connectivity index (χ2v) is 6.32. The fourth-order valence-corrected chi connectivity index (χ4v) is 3.01. The predicted molar refractivity (Wildman–Crippen MR) is 79.9 cm³/mol. The van der Waals surface area contributed by atoms with Crippen molar-refractivity contribution in [3.8, 4) is 11.5 Å². The zero-order valence-corrected chi connectivity index (χ0v) is 13.3. The van der Waals surface area contributed by atoms with Crippen LogP contribution in [-0.2, 0) is 16.6 Å². The number of benzene rings is 2. The average molecular weight is 343 g/mol. The Morgan fingerprint density at radius 1 is 1.04 bits per heavy atom. The van der Waals surface area contributed by atoms with Crippen molar-refractivity contribution in [2.24, 2.45) is 0 Å². The summed E-state index contributed by atoms with van der Waals surface area (Å²) >= 11 is 0. The molecule has 0 aliphatic carbocycles. The molecular formula is C15H15F2NO4S. The van der Waals surface area contributed by atoms with Gasteiger partial charge in [-0.1, -0.05) is 12.1 Å². The predicted octanol–water partition coefficient (Wildman–Crippen LogP) is 2.46. The molecule has 0 radical (unpaired) electrons. The molecule has 0 saturated carbocycles. The number of methoxy groups -OCH3 is 2. The van der Waals surface area contributed by atoms with E-state index in [2.05, 4.69) is 4.72 Å². The number of rotatable bonds is 6. The molecule has 5 nitrogen and oxygen atoms in total. The van der Waals surface area contributed by atoms with Crippen LogP contribution < -0.4 is 14.2 Å². The summed E-state index contributed by atoms with van der Waals surface area (Å²) in [6.45, 7) is -0.0955.